The summed E-state index contributed by atoms with van der Waals surface area (Å²) in [6.45, 7) is 4.32. The minimum Gasteiger partial charge on any atom is -0.371 e. The van der Waals surface area contributed by atoms with Gasteiger partial charge >= 0.3 is 0 Å². The minimum atomic E-state index is 0.261. The number of hydrogen-bond donors (Lipinski definition) is 0. The molecule has 6 heteroatoms. The number of piperidine rings is 1. The van der Waals surface area contributed by atoms with Gasteiger partial charge in [-0.25, -0.2) is 0 Å². The fourth-order valence-corrected chi connectivity index (χ4v) is 6.89. The van der Waals surface area contributed by atoms with Crippen molar-refractivity contribution in [3.05, 3.63) is 75.6 Å². The molecule has 2 aromatic carbocycles. The molecule has 3 aliphatic rings. The number of aromatic nitrogens is 2. The maximum Gasteiger partial charge on any atom is 0.147 e. The lowest BCUT2D eigenvalue weighted by molar-refractivity contribution is 0.277. The molecule has 1 saturated heterocycles. The monoisotopic (exact) mass is 517 g/mol. The molecule has 4 nitrogen and oxygen atoms in total. The summed E-state index contributed by atoms with van der Waals surface area (Å²) in [6, 6.07) is 12.5. The van der Waals surface area contributed by atoms with Crippen molar-refractivity contribution in [1.29, 1.82) is 0 Å². The van der Waals surface area contributed by atoms with E-state index in [2.05, 4.69) is 59.1 Å². The van der Waals surface area contributed by atoms with Crippen molar-refractivity contribution in [2.45, 2.75) is 44.9 Å². The Morgan fingerprint density at radius 2 is 1.75 bits per heavy atom. The van der Waals surface area contributed by atoms with Gasteiger partial charge in [0, 0.05) is 54.5 Å². The van der Waals surface area contributed by atoms with Crippen LogP contribution in [-0.4, -0.2) is 22.8 Å². The SMILES string of the molecule is Cc1cn(C)c2cc(N3CCC4(C=C(c5c(-c6c(Cl)cccc6Cl)noc5C5CC5)C4)CC3)ccc12. The average molecular weight is 518 g/mol. The van der Waals surface area contributed by atoms with E-state index in [1.54, 1.807) is 0 Å². The molecule has 1 aliphatic heterocycles. The van der Waals surface area contributed by atoms with Crippen LogP contribution in [0.15, 0.2) is 53.2 Å². The highest BCUT2D eigenvalue weighted by atomic mass is 35.5. The van der Waals surface area contributed by atoms with Crippen LogP contribution in [0.1, 0.15) is 54.9 Å². The van der Waals surface area contributed by atoms with Gasteiger partial charge in [-0.15, -0.1) is 0 Å². The molecule has 1 spiro atoms. The van der Waals surface area contributed by atoms with Crippen molar-refractivity contribution in [3.8, 4) is 11.3 Å². The Morgan fingerprint density at radius 1 is 1.03 bits per heavy atom. The van der Waals surface area contributed by atoms with Gasteiger partial charge in [0.25, 0.3) is 0 Å². The Kier molecular flexibility index (Phi) is 5.10. The molecule has 2 fully saturated rings. The summed E-state index contributed by atoms with van der Waals surface area (Å²) >= 11 is 13.2. The van der Waals surface area contributed by atoms with Crippen molar-refractivity contribution in [2.75, 3.05) is 18.0 Å². The number of benzene rings is 2. The number of fused-ring (bicyclic) bond motifs is 1. The van der Waals surface area contributed by atoms with Gasteiger partial charge < -0.3 is 14.0 Å². The highest BCUT2D eigenvalue weighted by Crippen LogP contribution is 2.56. The van der Waals surface area contributed by atoms with E-state index in [-0.39, 0.29) is 5.41 Å². The molecular formula is C30H29Cl2N3O. The van der Waals surface area contributed by atoms with Gasteiger partial charge in [0.1, 0.15) is 11.5 Å². The molecule has 3 heterocycles. The van der Waals surface area contributed by atoms with E-state index in [0.717, 1.165) is 67.8 Å². The summed E-state index contributed by atoms with van der Waals surface area (Å²) in [5, 5.41) is 7.08. The Balaban J connectivity index is 1.16. The zero-order valence-electron chi connectivity index (χ0n) is 20.7. The van der Waals surface area contributed by atoms with Crippen LogP contribution in [0.4, 0.5) is 5.69 Å². The molecule has 0 N–H and O–H groups in total. The van der Waals surface area contributed by atoms with Gasteiger partial charge in [-0.2, -0.15) is 0 Å². The molecule has 0 unspecified atom stereocenters. The second kappa shape index (κ2) is 8.16. The Bertz CT molecular complexity index is 1510. The first-order chi connectivity index (χ1) is 17.4. The fourth-order valence-electron chi connectivity index (χ4n) is 6.32. The van der Waals surface area contributed by atoms with Crippen LogP contribution in [0.25, 0.3) is 27.7 Å². The third-order valence-electron chi connectivity index (χ3n) is 8.51. The lowest BCUT2D eigenvalue weighted by Gasteiger charge is -2.47. The topological polar surface area (TPSA) is 34.2 Å². The smallest absolute Gasteiger partial charge is 0.147 e. The van der Waals surface area contributed by atoms with Crippen LogP contribution < -0.4 is 4.90 Å². The summed E-state index contributed by atoms with van der Waals surface area (Å²) in [7, 11) is 2.13. The van der Waals surface area contributed by atoms with E-state index in [4.69, 9.17) is 27.7 Å². The second-order valence-corrected chi connectivity index (χ2v) is 11.8. The van der Waals surface area contributed by atoms with Crippen molar-refractivity contribution in [3.63, 3.8) is 0 Å². The van der Waals surface area contributed by atoms with E-state index in [1.165, 1.54) is 27.7 Å². The molecule has 2 aliphatic carbocycles. The highest BCUT2D eigenvalue weighted by Gasteiger charge is 2.44. The minimum absolute atomic E-state index is 0.261. The van der Waals surface area contributed by atoms with Crippen LogP contribution in [0.3, 0.4) is 0 Å². The summed E-state index contributed by atoms with van der Waals surface area (Å²) in [5.41, 5.74) is 8.31. The van der Waals surface area contributed by atoms with Gasteiger partial charge in [-0.1, -0.05) is 46.6 Å². The van der Waals surface area contributed by atoms with E-state index in [1.807, 2.05) is 18.2 Å². The van der Waals surface area contributed by atoms with Crippen LogP contribution in [0.5, 0.6) is 0 Å². The lowest BCUT2D eigenvalue weighted by Crippen LogP contribution is -2.42. The maximum atomic E-state index is 6.58. The molecule has 0 radical (unpaired) electrons. The van der Waals surface area contributed by atoms with Crippen molar-refractivity contribution in [1.82, 2.24) is 9.72 Å². The average Bonchev–Trinajstić information content (AvgIpc) is 3.55. The largest absolute Gasteiger partial charge is 0.371 e. The van der Waals surface area contributed by atoms with Gasteiger partial charge in [0.05, 0.1) is 15.6 Å². The molecule has 4 aromatic rings. The number of aryl methyl sites for hydroxylation is 2. The molecule has 0 atom stereocenters. The summed E-state index contributed by atoms with van der Waals surface area (Å²) in [4.78, 5) is 2.54. The standard InChI is InChI=1S/C30H29Cl2N3O/c1-18-17-34(2)25-14-21(8-9-22(18)25)35-12-10-30(11-13-35)15-20(16-30)26-28(33-36-29(26)19-6-7-19)27-23(31)4-3-5-24(27)32/h3-5,8-9,14-15,17,19H,6-7,10-13,16H2,1-2H3. The predicted octanol–water partition coefficient (Wildman–Crippen LogP) is 8.40. The van der Waals surface area contributed by atoms with Crippen LogP contribution >= 0.6 is 23.2 Å². The highest BCUT2D eigenvalue weighted by molar-refractivity contribution is 6.39. The third kappa shape index (κ3) is 3.53. The Hall–Kier alpha value is -2.69. The van der Waals surface area contributed by atoms with Crippen LogP contribution in [0.2, 0.25) is 10.0 Å². The van der Waals surface area contributed by atoms with Gasteiger partial charge in [0.2, 0.25) is 0 Å². The molecule has 184 valence electrons. The first kappa shape index (κ1) is 22.5. The molecule has 0 amide bonds. The third-order valence-corrected chi connectivity index (χ3v) is 9.14. The zero-order valence-corrected chi connectivity index (χ0v) is 22.2. The Labute approximate surface area is 221 Å². The normalized spacial score (nSPS) is 19.1. The second-order valence-electron chi connectivity index (χ2n) is 11.0. The van der Waals surface area contributed by atoms with Crippen LogP contribution in [-0.2, 0) is 7.05 Å². The van der Waals surface area contributed by atoms with E-state index in [9.17, 15) is 0 Å². The quantitative estimate of drug-likeness (QED) is 0.272. The molecule has 2 aromatic heterocycles. The molecular weight excluding hydrogens is 489 g/mol. The number of hydrogen-bond acceptors (Lipinski definition) is 3. The molecule has 1 saturated carbocycles. The number of nitrogens with zero attached hydrogens (tertiary/aromatic N) is 3. The molecule has 36 heavy (non-hydrogen) atoms. The summed E-state index contributed by atoms with van der Waals surface area (Å²) in [6.07, 6.45) is 10.4. The first-order valence-electron chi connectivity index (χ1n) is 12.9. The molecule has 0 bridgehead atoms. The number of halogens is 2. The lowest BCUT2D eigenvalue weighted by atomic mass is 9.63. The van der Waals surface area contributed by atoms with Gasteiger partial charge in [-0.05, 0) is 79.8 Å². The maximum absolute atomic E-state index is 6.58. The number of rotatable bonds is 4. The van der Waals surface area contributed by atoms with Crippen molar-refractivity contribution in [2.24, 2.45) is 12.5 Å². The summed E-state index contributed by atoms with van der Waals surface area (Å²) < 4.78 is 8.16. The fraction of sp³-hybridized carbons (Fsp3) is 0.367. The van der Waals surface area contributed by atoms with Crippen molar-refractivity contribution >= 4 is 45.4 Å². The predicted molar refractivity (Wildman–Crippen MR) is 148 cm³/mol. The van der Waals surface area contributed by atoms with E-state index < -0.39 is 0 Å². The number of allylic oxidation sites excluding steroid dienone is 2. The zero-order chi connectivity index (χ0) is 24.6. The van der Waals surface area contributed by atoms with Gasteiger partial charge in [-0.3, -0.25) is 0 Å². The van der Waals surface area contributed by atoms with E-state index in [0.29, 0.717) is 16.0 Å². The van der Waals surface area contributed by atoms with Gasteiger partial charge in [0.15, 0.2) is 0 Å². The van der Waals surface area contributed by atoms with Crippen LogP contribution in [0, 0.1) is 12.3 Å². The van der Waals surface area contributed by atoms with E-state index >= 15 is 0 Å². The summed E-state index contributed by atoms with van der Waals surface area (Å²) in [5.74, 6) is 1.49. The molecule has 7 rings (SSSR count). The number of anilines is 1. The Morgan fingerprint density at radius 3 is 2.44 bits per heavy atom. The van der Waals surface area contributed by atoms with Crippen molar-refractivity contribution < 1.29 is 4.52 Å². The first-order valence-corrected chi connectivity index (χ1v) is 13.6.